The summed E-state index contributed by atoms with van der Waals surface area (Å²) in [7, 11) is 0. The van der Waals surface area contributed by atoms with E-state index in [1.54, 1.807) is 13.1 Å². The zero-order chi connectivity index (χ0) is 19.1. The van der Waals surface area contributed by atoms with E-state index in [2.05, 4.69) is 45.5 Å². The number of aromatic nitrogens is 7. The molecule has 0 unspecified atom stereocenters. The number of H-pyrrole nitrogens is 1. The van der Waals surface area contributed by atoms with Gasteiger partial charge in [0.1, 0.15) is 5.82 Å². The van der Waals surface area contributed by atoms with Crippen LogP contribution < -0.4 is 10.2 Å². The second-order valence-corrected chi connectivity index (χ2v) is 7.26. The fourth-order valence-corrected chi connectivity index (χ4v) is 3.99. The minimum Gasteiger partial charge on any atom is -0.348 e. The van der Waals surface area contributed by atoms with Gasteiger partial charge in [0.25, 0.3) is 0 Å². The SMILES string of the molecule is Cc1nc(CN2CCc3sc(Nc4ncc(F)cn4)nc3-c3cn[nH]c32)no1.Cl. The highest BCUT2D eigenvalue weighted by Gasteiger charge is 2.26. The fourth-order valence-electron chi connectivity index (χ4n) is 3.03. The number of anilines is 3. The van der Waals surface area contributed by atoms with Crippen LogP contribution in [0, 0.1) is 12.7 Å². The normalized spacial score (nSPS) is 12.7. The summed E-state index contributed by atoms with van der Waals surface area (Å²) in [6.07, 6.45) is 4.77. The van der Waals surface area contributed by atoms with E-state index in [-0.39, 0.29) is 12.4 Å². The van der Waals surface area contributed by atoms with Crippen LogP contribution in [-0.2, 0) is 13.0 Å². The summed E-state index contributed by atoms with van der Waals surface area (Å²) in [5, 5.41) is 14.9. The molecule has 0 aromatic carbocycles. The molecule has 0 aliphatic carbocycles. The van der Waals surface area contributed by atoms with Crippen LogP contribution in [0.5, 0.6) is 0 Å². The Bertz CT molecular complexity index is 1130. The number of aromatic amines is 1. The van der Waals surface area contributed by atoms with Crippen LogP contribution in [-0.4, -0.2) is 41.8 Å². The first kappa shape index (κ1) is 19.2. The Kier molecular flexibility index (Phi) is 5.11. The van der Waals surface area contributed by atoms with Gasteiger partial charge in [-0.25, -0.2) is 19.3 Å². The maximum Gasteiger partial charge on any atom is 0.229 e. The van der Waals surface area contributed by atoms with Crippen LogP contribution in [0.3, 0.4) is 0 Å². The van der Waals surface area contributed by atoms with E-state index in [0.717, 1.165) is 47.3 Å². The van der Waals surface area contributed by atoms with Crippen molar-refractivity contribution in [1.29, 1.82) is 0 Å². The van der Waals surface area contributed by atoms with Crippen LogP contribution in [0.2, 0.25) is 0 Å². The summed E-state index contributed by atoms with van der Waals surface area (Å²) in [4.78, 5) is 20.0. The van der Waals surface area contributed by atoms with E-state index >= 15 is 0 Å². The van der Waals surface area contributed by atoms with Gasteiger partial charge in [-0.1, -0.05) is 5.16 Å². The number of hydrogen-bond acceptors (Lipinski definition) is 10. The van der Waals surface area contributed by atoms with Crippen molar-refractivity contribution in [3.63, 3.8) is 0 Å². The van der Waals surface area contributed by atoms with Crippen molar-refractivity contribution in [2.45, 2.75) is 19.9 Å². The van der Waals surface area contributed by atoms with Crippen molar-refractivity contribution in [2.24, 2.45) is 0 Å². The largest absolute Gasteiger partial charge is 0.348 e. The van der Waals surface area contributed by atoms with Gasteiger partial charge in [-0.3, -0.25) is 5.10 Å². The molecule has 0 fully saturated rings. The Morgan fingerprint density at radius 2 is 2.10 bits per heavy atom. The Morgan fingerprint density at radius 3 is 2.86 bits per heavy atom. The van der Waals surface area contributed by atoms with Gasteiger partial charge in [-0.2, -0.15) is 10.1 Å². The number of nitrogens with one attached hydrogen (secondary N) is 2. The molecule has 1 aliphatic heterocycles. The maximum atomic E-state index is 13.0. The number of hydrogen-bond donors (Lipinski definition) is 2. The van der Waals surface area contributed by atoms with Crippen LogP contribution >= 0.6 is 23.7 Å². The molecular formula is C16H15ClFN9OS. The van der Waals surface area contributed by atoms with Crippen molar-refractivity contribution in [3.8, 4) is 11.3 Å². The summed E-state index contributed by atoms with van der Waals surface area (Å²) in [6, 6.07) is 0. The minimum atomic E-state index is -0.486. The topological polar surface area (TPSA) is 122 Å². The summed E-state index contributed by atoms with van der Waals surface area (Å²) in [5.74, 6) is 1.82. The number of aryl methyl sites for hydroxylation is 1. The quantitative estimate of drug-likeness (QED) is 0.498. The summed E-state index contributed by atoms with van der Waals surface area (Å²) < 4.78 is 18.1. The van der Waals surface area contributed by atoms with E-state index in [9.17, 15) is 4.39 Å². The van der Waals surface area contributed by atoms with Gasteiger partial charge in [0.05, 0.1) is 36.4 Å². The number of fused-ring (bicyclic) bond motifs is 3. The Morgan fingerprint density at radius 1 is 1.28 bits per heavy atom. The molecule has 0 bridgehead atoms. The molecule has 0 spiro atoms. The first-order valence-electron chi connectivity index (χ1n) is 8.48. The van der Waals surface area contributed by atoms with Crippen molar-refractivity contribution in [2.75, 3.05) is 16.8 Å². The summed E-state index contributed by atoms with van der Waals surface area (Å²) in [6.45, 7) is 3.02. The average Bonchev–Trinajstić information content (AvgIpc) is 3.39. The van der Waals surface area contributed by atoms with Gasteiger partial charge in [-0.05, 0) is 0 Å². The molecular weight excluding hydrogens is 421 g/mol. The molecule has 4 aromatic rings. The zero-order valence-corrected chi connectivity index (χ0v) is 16.7. The van der Waals surface area contributed by atoms with Crippen LogP contribution in [0.15, 0.2) is 23.1 Å². The standard InChI is InChI=1S/C16H14FN9OS.ClH/c1-8-21-12(25-27-8)7-26-3-2-11-13(10-6-20-24-14(10)26)22-16(28-11)23-15-18-4-9(17)5-19-15;/h4-6H,2-3,7H2,1H3,(H,20,24)(H,18,19,22,23);1H. The Hall–Kier alpha value is -3.12. The lowest BCUT2D eigenvalue weighted by Gasteiger charge is -2.20. The highest BCUT2D eigenvalue weighted by molar-refractivity contribution is 7.16. The molecule has 0 saturated heterocycles. The highest BCUT2D eigenvalue weighted by atomic mass is 35.5. The number of rotatable bonds is 4. The van der Waals surface area contributed by atoms with E-state index in [4.69, 9.17) is 4.52 Å². The lowest BCUT2D eigenvalue weighted by atomic mass is 10.2. The molecule has 29 heavy (non-hydrogen) atoms. The average molecular weight is 436 g/mol. The van der Waals surface area contributed by atoms with Gasteiger partial charge in [0, 0.05) is 24.8 Å². The van der Waals surface area contributed by atoms with Crippen molar-refractivity contribution in [3.05, 3.63) is 41.0 Å². The minimum absolute atomic E-state index is 0. The van der Waals surface area contributed by atoms with E-state index in [1.807, 2.05) is 0 Å². The van der Waals surface area contributed by atoms with E-state index in [0.29, 0.717) is 29.3 Å². The van der Waals surface area contributed by atoms with Gasteiger partial charge < -0.3 is 14.7 Å². The Balaban J connectivity index is 0.00000205. The third-order valence-electron chi connectivity index (χ3n) is 4.24. The lowest BCUT2D eigenvalue weighted by Crippen LogP contribution is -2.25. The lowest BCUT2D eigenvalue weighted by molar-refractivity contribution is 0.387. The number of halogens is 2. The molecule has 4 aromatic heterocycles. The van der Waals surface area contributed by atoms with Crippen molar-refractivity contribution in [1.82, 2.24) is 35.3 Å². The second-order valence-electron chi connectivity index (χ2n) is 6.17. The molecule has 0 amide bonds. The van der Waals surface area contributed by atoms with Crippen molar-refractivity contribution >= 4 is 40.6 Å². The van der Waals surface area contributed by atoms with Crippen LogP contribution in [0.4, 0.5) is 21.3 Å². The molecule has 0 saturated carbocycles. The molecule has 13 heteroatoms. The van der Waals surface area contributed by atoms with E-state index < -0.39 is 5.82 Å². The van der Waals surface area contributed by atoms with Gasteiger partial charge in [-0.15, -0.1) is 23.7 Å². The molecule has 2 N–H and O–H groups in total. The molecule has 10 nitrogen and oxygen atoms in total. The molecule has 1 aliphatic rings. The molecule has 5 rings (SSSR count). The number of nitrogens with zero attached hydrogens (tertiary/aromatic N) is 7. The van der Waals surface area contributed by atoms with Gasteiger partial charge >= 0.3 is 0 Å². The van der Waals surface area contributed by atoms with Crippen LogP contribution in [0.1, 0.15) is 16.6 Å². The molecule has 5 heterocycles. The maximum absolute atomic E-state index is 13.0. The monoisotopic (exact) mass is 435 g/mol. The highest BCUT2D eigenvalue weighted by Crippen LogP contribution is 2.39. The van der Waals surface area contributed by atoms with Crippen molar-refractivity contribution < 1.29 is 8.91 Å². The number of thiazole rings is 1. The third kappa shape index (κ3) is 3.76. The van der Waals surface area contributed by atoms with Gasteiger partial charge in [0.15, 0.2) is 16.8 Å². The van der Waals surface area contributed by atoms with Gasteiger partial charge in [0.2, 0.25) is 11.8 Å². The summed E-state index contributed by atoms with van der Waals surface area (Å²) in [5.41, 5.74) is 1.75. The zero-order valence-electron chi connectivity index (χ0n) is 15.1. The molecule has 0 radical (unpaired) electrons. The molecule has 150 valence electrons. The Labute approximate surface area is 174 Å². The molecule has 0 atom stereocenters. The fraction of sp³-hybridized carbons (Fsp3) is 0.250. The third-order valence-corrected chi connectivity index (χ3v) is 5.27. The first-order chi connectivity index (χ1) is 13.7. The predicted octanol–water partition coefficient (Wildman–Crippen LogP) is 2.88. The van der Waals surface area contributed by atoms with E-state index in [1.165, 1.54) is 11.3 Å². The summed E-state index contributed by atoms with van der Waals surface area (Å²) >= 11 is 1.51. The first-order valence-corrected chi connectivity index (χ1v) is 9.29. The second kappa shape index (κ2) is 7.72. The predicted molar refractivity (Wildman–Crippen MR) is 106 cm³/mol. The van der Waals surface area contributed by atoms with Crippen LogP contribution in [0.25, 0.3) is 11.3 Å². The smallest absolute Gasteiger partial charge is 0.229 e.